The summed E-state index contributed by atoms with van der Waals surface area (Å²) in [6.07, 6.45) is 56.2. The number of phosphoric acid groups is 1. The van der Waals surface area contributed by atoms with Gasteiger partial charge in [0.1, 0.15) is 12.2 Å². The number of rotatable bonds is 48. The molecule has 11 heteroatoms. The third kappa shape index (κ3) is 46.2. The summed E-state index contributed by atoms with van der Waals surface area (Å²) in [5, 5.41) is 19.3. The number of aliphatic hydroxyl groups excluding tert-OH is 2. The first kappa shape index (κ1) is 61.7. The monoisotopic (exact) mass is 923 g/mol. The average molecular weight is 923 g/mol. The van der Waals surface area contributed by atoms with Crippen LogP contribution in [0.4, 0.5) is 0 Å². The molecule has 0 aliphatic carbocycles. The van der Waals surface area contributed by atoms with Gasteiger partial charge in [-0.1, -0.05) is 197 Å². The van der Waals surface area contributed by atoms with E-state index in [-0.39, 0.29) is 12.8 Å². The van der Waals surface area contributed by atoms with Crippen molar-refractivity contribution in [2.24, 2.45) is 0 Å². The minimum Gasteiger partial charge on any atom is -0.457 e. The molecule has 0 saturated heterocycles. The Labute approximate surface area is 391 Å². The summed E-state index contributed by atoms with van der Waals surface area (Å²) in [5.41, 5.74) is 0. The molecule has 0 aromatic carbocycles. The second kappa shape index (κ2) is 48.6. The molecule has 0 aromatic rings. The van der Waals surface area contributed by atoms with E-state index in [1.165, 1.54) is 109 Å². The van der Waals surface area contributed by atoms with E-state index in [2.05, 4.69) is 74.6 Å². The molecule has 0 fully saturated rings. The van der Waals surface area contributed by atoms with Crippen LogP contribution in [0, 0.1) is 0 Å². The van der Waals surface area contributed by atoms with Crippen LogP contribution in [0.2, 0.25) is 0 Å². The molecule has 3 N–H and O–H groups in total. The van der Waals surface area contributed by atoms with E-state index >= 15 is 0 Å². The van der Waals surface area contributed by atoms with Crippen LogP contribution in [0.15, 0.2) is 60.8 Å². The summed E-state index contributed by atoms with van der Waals surface area (Å²) in [7, 11) is -4.65. The Balaban J connectivity index is 3.85. The van der Waals surface area contributed by atoms with Crippen LogP contribution < -0.4 is 0 Å². The van der Waals surface area contributed by atoms with E-state index in [9.17, 15) is 29.3 Å². The molecule has 64 heavy (non-hydrogen) atoms. The molecule has 0 radical (unpaired) electrons. The van der Waals surface area contributed by atoms with E-state index in [4.69, 9.17) is 18.5 Å². The molecule has 3 unspecified atom stereocenters. The maximum absolute atomic E-state index is 12.4. The van der Waals surface area contributed by atoms with Crippen molar-refractivity contribution >= 4 is 19.8 Å². The van der Waals surface area contributed by atoms with Gasteiger partial charge >= 0.3 is 19.8 Å². The molecule has 3 atom stereocenters. The lowest BCUT2D eigenvalue weighted by Gasteiger charge is -2.20. The third-order valence-electron chi connectivity index (χ3n) is 11.0. The normalized spacial score (nSPS) is 14.1. The quantitative estimate of drug-likeness (QED) is 0.0233. The first-order valence-electron chi connectivity index (χ1n) is 25.7. The van der Waals surface area contributed by atoms with Gasteiger partial charge in [-0.15, -0.1) is 0 Å². The van der Waals surface area contributed by atoms with Crippen LogP contribution in [0.3, 0.4) is 0 Å². The molecular formula is C53H95O10P. The molecule has 0 aliphatic rings. The molecule has 0 saturated carbocycles. The average Bonchev–Trinajstić information content (AvgIpc) is 3.29. The first-order valence-corrected chi connectivity index (χ1v) is 27.2. The number of hydrogen-bond donors (Lipinski definition) is 3. The lowest BCUT2D eigenvalue weighted by atomic mass is 10.0. The molecule has 0 spiro atoms. The first-order chi connectivity index (χ1) is 31.3. The minimum absolute atomic E-state index is 0.185. The Kier molecular flexibility index (Phi) is 46.8. The van der Waals surface area contributed by atoms with Crippen molar-refractivity contribution in [3.8, 4) is 0 Å². The van der Waals surface area contributed by atoms with Crippen molar-refractivity contribution in [3.05, 3.63) is 60.8 Å². The predicted molar refractivity (Wildman–Crippen MR) is 265 cm³/mol. The van der Waals surface area contributed by atoms with Crippen molar-refractivity contribution in [1.29, 1.82) is 0 Å². The maximum atomic E-state index is 12.4. The van der Waals surface area contributed by atoms with Gasteiger partial charge in [-0.25, -0.2) is 4.57 Å². The van der Waals surface area contributed by atoms with Crippen LogP contribution in [0.25, 0.3) is 0 Å². The SMILES string of the molecule is CC/C=C\C/C=C\C/C=C\C/C=C\CCCCCCCCCCCCC(=O)OC(CO)COP(=O)(O)OCC(CO)OC(=O)CCCCCCCCC/C=C\CCCCCCCCC. The zero-order chi connectivity index (χ0) is 46.9. The van der Waals surface area contributed by atoms with Crippen LogP contribution in [0.5, 0.6) is 0 Å². The Bertz CT molecular complexity index is 1250. The minimum atomic E-state index is -4.65. The highest BCUT2D eigenvalue weighted by atomic mass is 31.2. The smallest absolute Gasteiger partial charge is 0.457 e. The zero-order valence-electron chi connectivity index (χ0n) is 40.7. The van der Waals surface area contributed by atoms with E-state index in [1.807, 2.05) is 0 Å². The van der Waals surface area contributed by atoms with E-state index in [1.54, 1.807) is 0 Å². The number of phosphoric ester groups is 1. The Hall–Kier alpha value is -2.33. The summed E-state index contributed by atoms with van der Waals surface area (Å²) in [5.74, 6) is -1.02. The van der Waals surface area contributed by atoms with Crippen molar-refractivity contribution in [2.45, 2.75) is 238 Å². The molecule has 0 aromatic heterocycles. The van der Waals surface area contributed by atoms with Gasteiger partial charge in [0, 0.05) is 12.8 Å². The third-order valence-corrected chi connectivity index (χ3v) is 11.9. The number of unbranched alkanes of at least 4 members (excludes halogenated alkanes) is 24. The fourth-order valence-electron chi connectivity index (χ4n) is 7.04. The van der Waals surface area contributed by atoms with Gasteiger partial charge in [-0.2, -0.15) is 0 Å². The Morgan fingerprint density at radius 2 is 0.734 bits per heavy atom. The van der Waals surface area contributed by atoms with Crippen molar-refractivity contribution in [2.75, 3.05) is 26.4 Å². The lowest BCUT2D eigenvalue weighted by Crippen LogP contribution is -2.28. The number of aliphatic hydroxyl groups is 2. The van der Waals surface area contributed by atoms with Gasteiger partial charge in [-0.05, 0) is 77.0 Å². The fraction of sp³-hybridized carbons (Fsp3) is 0.774. The molecule has 0 rings (SSSR count). The van der Waals surface area contributed by atoms with Crippen molar-refractivity contribution in [3.63, 3.8) is 0 Å². The predicted octanol–water partition coefficient (Wildman–Crippen LogP) is 14.6. The van der Waals surface area contributed by atoms with Gasteiger partial charge in [0.05, 0.1) is 26.4 Å². The number of carbonyl (C=O) groups is 2. The number of esters is 2. The molecule has 0 heterocycles. The summed E-state index contributed by atoms with van der Waals surface area (Å²) in [4.78, 5) is 34.7. The molecule has 0 amide bonds. The Morgan fingerprint density at radius 1 is 0.438 bits per heavy atom. The van der Waals surface area contributed by atoms with Gasteiger partial charge in [0.2, 0.25) is 0 Å². The topological polar surface area (TPSA) is 149 Å². The second-order valence-corrected chi connectivity index (χ2v) is 18.6. The maximum Gasteiger partial charge on any atom is 0.472 e. The van der Waals surface area contributed by atoms with Crippen LogP contribution in [0.1, 0.15) is 226 Å². The number of allylic oxidation sites excluding steroid dienone is 10. The van der Waals surface area contributed by atoms with Gasteiger partial charge in [0.25, 0.3) is 0 Å². The summed E-state index contributed by atoms with van der Waals surface area (Å²) in [6.45, 7) is 2.11. The molecule has 372 valence electrons. The van der Waals surface area contributed by atoms with E-state index in [0.29, 0.717) is 12.8 Å². The van der Waals surface area contributed by atoms with Gasteiger partial charge in [0.15, 0.2) is 0 Å². The fourth-order valence-corrected chi connectivity index (χ4v) is 7.83. The lowest BCUT2D eigenvalue weighted by molar-refractivity contribution is -0.153. The highest BCUT2D eigenvalue weighted by Crippen LogP contribution is 2.43. The number of carbonyl (C=O) groups excluding carboxylic acids is 2. The molecule has 0 bridgehead atoms. The summed E-state index contributed by atoms with van der Waals surface area (Å²) in [6, 6.07) is 0. The van der Waals surface area contributed by atoms with Gasteiger partial charge < -0.3 is 24.6 Å². The van der Waals surface area contributed by atoms with E-state index < -0.39 is 58.4 Å². The summed E-state index contributed by atoms with van der Waals surface area (Å²) >= 11 is 0. The highest BCUT2D eigenvalue weighted by Gasteiger charge is 2.27. The zero-order valence-corrected chi connectivity index (χ0v) is 41.6. The number of hydrogen-bond acceptors (Lipinski definition) is 9. The second-order valence-electron chi connectivity index (χ2n) is 17.1. The summed E-state index contributed by atoms with van der Waals surface area (Å²) < 4.78 is 32.7. The van der Waals surface area contributed by atoms with Crippen molar-refractivity contribution < 1.29 is 47.8 Å². The largest absolute Gasteiger partial charge is 0.472 e. The molecular weight excluding hydrogens is 828 g/mol. The molecule has 10 nitrogen and oxygen atoms in total. The van der Waals surface area contributed by atoms with Crippen LogP contribution in [-0.2, 0) is 32.7 Å². The standard InChI is InChI=1S/C53H95O10P/c1-3-5-7-9-11-13-15-17-19-21-23-24-25-26-27-29-31-33-35-37-39-41-43-45-53(57)63-51(47-55)49-61-64(58,59)60-48-50(46-54)62-52(56)44-42-40-38-36-34-32-30-28-22-20-18-16-14-12-10-8-6-4-2/h5,7,11,13,17,19-20,22-24,50-51,54-55H,3-4,6,8-10,12,14-16,18,21,25-49H2,1-2H3,(H,58,59)/b7-5-,13-11-,19-17-,22-20-,24-23-. The van der Waals surface area contributed by atoms with Crippen molar-refractivity contribution in [1.82, 2.24) is 0 Å². The highest BCUT2D eigenvalue weighted by molar-refractivity contribution is 7.47. The van der Waals surface area contributed by atoms with E-state index in [0.717, 1.165) is 77.0 Å². The number of ether oxygens (including phenoxy) is 2. The Morgan fingerprint density at radius 3 is 1.08 bits per heavy atom. The van der Waals surface area contributed by atoms with Crippen LogP contribution >= 0.6 is 7.82 Å². The van der Waals surface area contributed by atoms with Crippen LogP contribution in [-0.4, -0.2) is 65.7 Å². The van der Waals surface area contributed by atoms with Gasteiger partial charge in [-0.3, -0.25) is 18.6 Å². The molecule has 0 aliphatic heterocycles.